The summed E-state index contributed by atoms with van der Waals surface area (Å²) in [7, 11) is 0. The molecule has 0 fully saturated rings. The number of hydrogen-bond acceptors (Lipinski definition) is 2. The van der Waals surface area contributed by atoms with Crippen molar-refractivity contribution >= 4 is 28.4 Å². The van der Waals surface area contributed by atoms with Crippen molar-refractivity contribution in [2.24, 2.45) is 0 Å². The van der Waals surface area contributed by atoms with Gasteiger partial charge in [0.15, 0.2) is 0 Å². The van der Waals surface area contributed by atoms with Crippen LogP contribution in [0.1, 0.15) is 16.1 Å². The Labute approximate surface area is 155 Å². The first kappa shape index (κ1) is 16.4. The number of rotatable bonds is 5. The van der Waals surface area contributed by atoms with Gasteiger partial charge in [-0.1, -0.05) is 29.8 Å². The number of aromatic nitrogens is 3. The molecule has 1 amide bonds. The van der Waals surface area contributed by atoms with Gasteiger partial charge in [0, 0.05) is 28.7 Å². The number of fused-ring (bicyclic) bond motifs is 1. The molecule has 0 unspecified atom stereocenters. The fourth-order valence-electron chi connectivity index (χ4n) is 2.85. The molecule has 130 valence electrons. The predicted octanol–water partition coefficient (Wildman–Crippen LogP) is 3.98. The predicted molar refractivity (Wildman–Crippen MR) is 103 cm³/mol. The molecule has 2 N–H and O–H groups in total. The van der Waals surface area contributed by atoms with E-state index in [9.17, 15) is 4.79 Å². The molecule has 0 bridgehead atoms. The Bertz CT molecular complexity index is 1050. The van der Waals surface area contributed by atoms with E-state index in [-0.39, 0.29) is 5.91 Å². The molecule has 2 heterocycles. The number of H-pyrrole nitrogens is 1. The van der Waals surface area contributed by atoms with Crippen LogP contribution in [0.2, 0.25) is 5.02 Å². The third-order valence-electron chi connectivity index (χ3n) is 4.18. The second-order valence-corrected chi connectivity index (χ2v) is 6.49. The smallest absolute Gasteiger partial charge is 0.267 e. The lowest BCUT2D eigenvalue weighted by atomic mass is 10.2. The number of hydrogen-bond donors (Lipinski definition) is 2. The molecule has 0 radical (unpaired) electrons. The summed E-state index contributed by atoms with van der Waals surface area (Å²) in [5.41, 5.74) is 3.50. The Balaban J connectivity index is 1.37. The minimum absolute atomic E-state index is 0.132. The van der Waals surface area contributed by atoms with Crippen LogP contribution in [0, 0.1) is 0 Å². The topological polar surface area (TPSA) is 62.7 Å². The Morgan fingerprint density at radius 1 is 1.15 bits per heavy atom. The van der Waals surface area contributed by atoms with Crippen LogP contribution < -0.4 is 5.32 Å². The lowest BCUT2D eigenvalue weighted by molar-refractivity contribution is 0.0950. The molecular formula is C20H17ClN4O. The molecule has 0 aliphatic heterocycles. The molecule has 2 aromatic heterocycles. The van der Waals surface area contributed by atoms with Crippen molar-refractivity contribution in [1.29, 1.82) is 0 Å². The molecule has 0 atom stereocenters. The van der Waals surface area contributed by atoms with Crippen LogP contribution in [-0.2, 0) is 6.42 Å². The quantitative estimate of drug-likeness (QED) is 0.562. The maximum atomic E-state index is 12.3. The number of amides is 1. The Morgan fingerprint density at radius 2 is 2.00 bits per heavy atom. The Hall–Kier alpha value is -3.05. The van der Waals surface area contributed by atoms with Crippen LogP contribution in [0.15, 0.2) is 67.0 Å². The van der Waals surface area contributed by atoms with E-state index >= 15 is 0 Å². The van der Waals surface area contributed by atoms with Crippen molar-refractivity contribution in [2.75, 3.05) is 6.54 Å². The summed E-state index contributed by atoms with van der Waals surface area (Å²) in [6.07, 6.45) is 4.52. The fraction of sp³-hybridized carbons (Fsp3) is 0.100. The summed E-state index contributed by atoms with van der Waals surface area (Å²) >= 11 is 5.98. The van der Waals surface area contributed by atoms with E-state index in [1.165, 1.54) is 0 Å². The number of carbonyl (C=O) groups excluding carboxylic acids is 1. The van der Waals surface area contributed by atoms with Gasteiger partial charge in [0.05, 0.1) is 11.9 Å². The molecule has 0 aliphatic rings. The highest BCUT2D eigenvalue weighted by Crippen LogP contribution is 2.20. The Morgan fingerprint density at radius 3 is 2.85 bits per heavy atom. The van der Waals surface area contributed by atoms with Gasteiger partial charge < -0.3 is 10.3 Å². The minimum atomic E-state index is -0.132. The van der Waals surface area contributed by atoms with Crippen molar-refractivity contribution in [3.8, 4) is 5.69 Å². The molecule has 26 heavy (non-hydrogen) atoms. The maximum Gasteiger partial charge on any atom is 0.267 e. The van der Waals surface area contributed by atoms with Gasteiger partial charge in [0.2, 0.25) is 0 Å². The van der Waals surface area contributed by atoms with E-state index in [0.29, 0.717) is 23.7 Å². The van der Waals surface area contributed by atoms with Crippen LogP contribution >= 0.6 is 11.6 Å². The van der Waals surface area contributed by atoms with Gasteiger partial charge in [-0.2, -0.15) is 5.10 Å². The third kappa shape index (κ3) is 3.48. The first-order valence-electron chi connectivity index (χ1n) is 8.34. The second kappa shape index (κ2) is 7.06. The van der Waals surface area contributed by atoms with Gasteiger partial charge in [-0.15, -0.1) is 0 Å². The zero-order valence-electron chi connectivity index (χ0n) is 13.9. The number of nitrogens with zero attached hydrogens (tertiary/aromatic N) is 2. The van der Waals surface area contributed by atoms with Gasteiger partial charge in [-0.3, -0.25) is 4.79 Å². The molecule has 0 saturated carbocycles. The van der Waals surface area contributed by atoms with Crippen LogP contribution in [0.4, 0.5) is 0 Å². The summed E-state index contributed by atoms with van der Waals surface area (Å²) in [6, 6.07) is 17.2. The zero-order chi connectivity index (χ0) is 17.9. The minimum Gasteiger partial charge on any atom is -0.351 e. The van der Waals surface area contributed by atoms with Crippen LogP contribution in [-0.4, -0.2) is 27.2 Å². The monoisotopic (exact) mass is 364 g/mol. The van der Waals surface area contributed by atoms with Gasteiger partial charge in [-0.25, -0.2) is 4.68 Å². The van der Waals surface area contributed by atoms with Crippen molar-refractivity contribution in [2.45, 2.75) is 6.42 Å². The Kier molecular flexibility index (Phi) is 4.46. The molecule has 4 rings (SSSR count). The highest BCUT2D eigenvalue weighted by molar-refractivity contribution is 6.31. The molecule has 0 spiro atoms. The molecular weight excluding hydrogens is 348 g/mol. The van der Waals surface area contributed by atoms with E-state index in [4.69, 9.17) is 11.6 Å². The van der Waals surface area contributed by atoms with E-state index in [1.807, 2.05) is 65.6 Å². The summed E-state index contributed by atoms with van der Waals surface area (Å²) in [5.74, 6) is -0.132. The van der Waals surface area contributed by atoms with Gasteiger partial charge >= 0.3 is 0 Å². The van der Waals surface area contributed by atoms with Gasteiger partial charge in [0.25, 0.3) is 5.91 Å². The molecule has 4 aromatic rings. The first-order chi connectivity index (χ1) is 12.7. The molecule has 6 heteroatoms. The van der Waals surface area contributed by atoms with Gasteiger partial charge in [-0.05, 0) is 48.4 Å². The van der Waals surface area contributed by atoms with Crippen LogP contribution in [0.5, 0.6) is 0 Å². The lowest BCUT2D eigenvalue weighted by Crippen LogP contribution is -2.25. The number of benzene rings is 2. The number of para-hydroxylation sites is 1. The molecule has 0 aliphatic carbocycles. The summed E-state index contributed by atoms with van der Waals surface area (Å²) in [5, 5.41) is 8.87. The highest BCUT2D eigenvalue weighted by atomic mass is 35.5. The number of nitrogens with one attached hydrogen (secondary N) is 2. The second-order valence-electron chi connectivity index (χ2n) is 6.05. The normalized spacial score (nSPS) is 11.0. The first-order valence-corrected chi connectivity index (χ1v) is 8.72. The highest BCUT2D eigenvalue weighted by Gasteiger charge is 2.09. The van der Waals surface area contributed by atoms with Crippen molar-refractivity contribution in [1.82, 2.24) is 20.1 Å². The summed E-state index contributed by atoms with van der Waals surface area (Å²) in [4.78, 5) is 15.4. The van der Waals surface area contributed by atoms with E-state index in [1.54, 1.807) is 6.07 Å². The SMILES string of the molecule is O=C(NCCc1cnn(-c2ccccc2)c1)c1cc2cc(Cl)ccc2[nH]1. The maximum absolute atomic E-state index is 12.3. The summed E-state index contributed by atoms with van der Waals surface area (Å²) < 4.78 is 1.83. The van der Waals surface area contributed by atoms with Crippen molar-refractivity contribution < 1.29 is 4.79 Å². The van der Waals surface area contributed by atoms with Crippen molar-refractivity contribution in [3.63, 3.8) is 0 Å². The third-order valence-corrected chi connectivity index (χ3v) is 4.42. The largest absolute Gasteiger partial charge is 0.351 e. The zero-order valence-corrected chi connectivity index (χ0v) is 14.7. The van der Waals surface area contributed by atoms with Crippen molar-refractivity contribution in [3.05, 3.63) is 83.3 Å². The standard InChI is InChI=1S/C20H17ClN4O/c21-16-6-7-18-15(10-16)11-19(24-18)20(26)22-9-8-14-12-23-25(13-14)17-4-2-1-3-5-17/h1-7,10-13,24H,8-9H2,(H,22,26). The molecule has 0 saturated heterocycles. The average molecular weight is 365 g/mol. The lowest BCUT2D eigenvalue weighted by Gasteiger charge is -2.02. The average Bonchev–Trinajstić information content (AvgIpc) is 3.29. The number of carbonyl (C=O) groups is 1. The number of aromatic amines is 1. The molecule has 5 nitrogen and oxygen atoms in total. The van der Waals surface area contributed by atoms with Crippen LogP contribution in [0.25, 0.3) is 16.6 Å². The van der Waals surface area contributed by atoms with E-state index in [0.717, 1.165) is 22.2 Å². The van der Waals surface area contributed by atoms with Gasteiger partial charge in [0.1, 0.15) is 5.69 Å². The van der Waals surface area contributed by atoms with Crippen LogP contribution in [0.3, 0.4) is 0 Å². The van der Waals surface area contributed by atoms with E-state index < -0.39 is 0 Å². The summed E-state index contributed by atoms with van der Waals surface area (Å²) in [6.45, 7) is 0.537. The van der Waals surface area contributed by atoms with E-state index in [2.05, 4.69) is 15.4 Å². The fourth-order valence-corrected chi connectivity index (χ4v) is 3.03. The molecule has 2 aromatic carbocycles. The number of halogens is 1.